The Bertz CT molecular complexity index is 1110. The molecule has 182 valence electrons. The molecular formula is C28H36ClN3O2. The van der Waals surface area contributed by atoms with Crippen LogP contribution in [0.3, 0.4) is 0 Å². The van der Waals surface area contributed by atoms with Gasteiger partial charge in [0, 0.05) is 30.2 Å². The number of fused-ring (bicyclic) bond motifs is 1. The van der Waals surface area contributed by atoms with Crippen LogP contribution in [0.2, 0.25) is 0 Å². The summed E-state index contributed by atoms with van der Waals surface area (Å²) in [6.45, 7) is 8.00. The maximum absolute atomic E-state index is 11.3. The Kier molecular flexibility index (Phi) is 8.56. The van der Waals surface area contributed by atoms with Gasteiger partial charge in [-0.25, -0.2) is 4.98 Å². The van der Waals surface area contributed by atoms with Crippen molar-refractivity contribution in [2.75, 3.05) is 0 Å². The van der Waals surface area contributed by atoms with Gasteiger partial charge >= 0.3 is 0 Å². The number of carbonyl (C=O) groups excluding carboxylic acids is 1. The van der Waals surface area contributed by atoms with E-state index in [9.17, 15) is 4.79 Å². The highest BCUT2D eigenvalue weighted by Gasteiger charge is 2.31. The van der Waals surface area contributed by atoms with Gasteiger partial charge in [0.2, 0.25) is 11.8 Å². The lowest BCUT2D eigenvalue weighted by Gasteiger charge is -2.39. The molecule has 0 saturated heterocycles. The number of nitrogens with one attached hydrogen (secondary N) is 1. The van der Waals surface area contributed by atoms with Gasteiger partial charge in [0.1, 0.15) is 5.75 Å². The monoisotopic (exact) mass is 481 g/mol. The van der Waals surface area contributed by atoms with Crippen molar-refractivity contribution < 1.29 is 9.53 Å². The number of primary amides is 1. The molecule has 0 aliphatic heterocycles. The van der Waals surface area contributed by atoms with E-state index in [0.29, 0.717) is 22.9 Å². The van der Waals surface area contributed by atoms with Crippen LogP contribution in [0.1, 0.15) is 68.8 Å². The van der Waals surface area contributed by atoms with E-state index < -0.39 is 5.91 Å². The molecule has 1 aliphatic rings. The quantitative estimate of drug-likeness (QED) is 0.378. The summed E-state index contributed by atoms with van der Waals surface area (Å²) < 4.78 is 6.05. The van der Waals surface area contributed by atoms with Crippen molar-refractivity contribution >= 4 is 29.1 Å². The molecule has 3 aromatic rings. The van der Waals surface area contributed by atoms with E-state index in [2.05, 4.69) is 55.3 Å². The van der Waals surface area contributed by atoms with Gasteiger partial charge in [0.05, 0.1) is 5.56 Å². The van der Waals surface area contributed by atoms with E-state index in [4.69, 9.17) is 10.5 Å². The van der Waals surface area contributed by atoms with Crippen LogP contribution in [0.15, 0.2) is 54.7 Å². The zero-order valence-electron chi connectivity index (χ0n) is 20.3. The van der Waals surface area contributed by atoms with Gasteiger partial charge < -0.3 is 15.8 Å². The number of aromatic nitrogens is 1. The van der Waals surface area contributed by atoms with E-state index in [0.717, 1.165) is 23.6 Å². The second kappa shape index (κ2) is 11.2. The van der Waals surface area contributed by atoms with Crippen LogP contribution in [0, 0.1) is 11.3 Å². The van der Waals surface area contributed by atoms with E-state index in [1.807, 2.05) is 12.1 Å². The topological polar surface area (TPSA) is 77.2 Å². The van der Waals surface area contributed by atoms with Crippen molar-refractivity contribution in [1.82, 2.24) is 10.3 Å². The number of ether oxygens (including phenoxy) is 1. The van der Waals surface area contributed by atoms with Crippen molar-refractivity contribution in [3.8, 4) is 11.6 Å². The number of benzene rings is 2. The highest BCUT2D eigenvalue weighted by molar-refractivity contribution is 5.92. The lowest BCUT2D eigenvalue weighted by atomic mass is 9.69. The zero-order chi connectivity index (χ0) is 23.4. The highest BCUT2D eigenvalue weighted by Crippen LogP contribution is 2.40. The van der Waals surface area contributed by atoms with Gasteiger partial charge in [-0.1, -0.05) is 57.5 Å². The second-order valence-electron chi connectivity index (χ2n) is 9.89. The first kappa shape index (κ1) is 26.0. The molecule has 34 heavy (non-hydrogen) atoms. The Hall–Kier alpha value is -2.63. The Morgan fingerprint density at radius 3 is 2.41 bits per heavy atom. The minimum Gasteiger partial charge on any atom is -0.438 e. The van der Waals surface area contributed by atoms with Crippen molar-refractivity contribution in [2.45, 2.75) is 65.5 Å². The Morgan fingerprint density at radius 2 is 1.76 bits per heavy atom. The molecule has 1 aromatic heterocycles. The molecule has 0 unspecified atom stereocenters. The summed E-state index contributed by atoms with van der Waals surface area (Å²) >= 11 is 0. The van der Waals surface area contributed by atoms with Crippen LogP contribution < -0.4 is 15.8 Å². The van der Waals surface area contributed by atoms with Crippen LogP contribution in [0.5, 0.6) is 11.6 Å². The first-order chi connectivity index (χ1) is 15.9. The summed E-state index contributed by atoms with van der Waals surface area (Å²) in [5, 5.41) is 6.03. The summed E-state index contributed by atoms with van der Waals surface area (Å²) in [5.41, 5.74) is 7.38. The molecular weight excluding hydrogens is 446 g/mol. The Morgan fingerprint density at radius 1 is 1.06 bits per heavy atom. The van der Waals surface area contributed by atoms with Crippen LogP contribution in [0.25, 0.3) is 10.8 Å². The van der Waals surface area contributed by atoms with Gasteiger partial charge in [0.15, 0.2) is 0 Å². The van der Waals surface area contributed by atoms with Crippen molar-refractivity contribution in [3.63, 3.8) is 0 Å². The minimum absolute atomic E-state index is 0. The lowest BCUT2D eigenvalue weighted by molar-refractivity contribution is 0.1000. The fourth-order valence-electron chi connectivity index (χ4n) is 4.91. The SMILES string of the molecule is CCC(C)(C)[C@H]1CC[C@H](NCc2cccc3c(Oc4ccc(C(N)=O)cn4)cccc23)CC1.Cl. The van der Waals surface area contributed by atoms with Gasteiger partial charge in [-0.3, -0.25) is 4.79 Å². The molecule has 0 bridgehead atoms. The van der Waals surface area contributed by atoms with Gasteiger partial charge in [-0.05, 0) is 60.1 Å². The number of pyridine rings is 1. The summed E-state index contributed by atoms with van der Waals surface area (Å²) in [6.07, 6.45) is 7.82. The van der Waals surface area contributed by atoms with Crippen LogP contribution in [0.4, 0.5) is 0 Å². The van der Waals surface area contributed by atoms with E-state index in [1.165, 1.54) is 49.3 Å². The molecule has 2 aromatic carbocycles. The number of hydrogen-bond acceptors (Lipinski definition) is 4. The average Bonchev–Trinajstić information content (AvgIpc) is 2.83. The summed E-state index contributed by atoms with van der Waals surface area (Å²) in [7, 11) is 0. The molecule has 6 heteroatoms. The summed E-state index contributed by atoms with van der Waals surface area (Å²) in [6, 6.07) is 16.3. The predicted octanol–water partition coefficient (Wildman–Crippen LogP) is 6.63. The first-order valence-electron chi connectivity index (χ1n) is 12.0. The van der Waals surface area contributed by atoms with Crippen LogP contribution >= 0.6 is 12.4 Å². The maximum Gasteiger partial charge on any atom is 0.250 e. The average molecular weight is 482 g/mol. The van der Waals surface area contributed by atoms with Crippen molar-refractivity contribution in [3.05, 3.63) is 65.9 Å². The third kappa shape index (κ3) is 5.89. The number of nitrogens with two attached hydrogens (primary N) is 1. The van der Waals surface area contributed by atoms with E-state index in [1.54, 1.807) is 12.1 Å². The number of nitrogens with zero attached hydrogens (tertiary/aromatic N) is 1. The highest BCUT2D eigenvalue weighted by atomic mass is 35.5. The molecule has 4 rings (SSSR count). The van der Waals surface area contributed by atoms with Crippen molar-refractivity contribution in [2.24, 2.45) is 17.1 Å². The van der Waals surface area contributed by atoms with E-state index >= 15 is 0 Å². The molecule has 3 N–H and O–H groups in total. The molecule has 1 heterocycles. The number of carbonyl (C=O) groups is 1. The predicted molar refractivity (Wildman–Crippen MR) is 141 cm³/mol. The largest absolute Gasteiger partial charge is 0.438 e. The first-order valence-corrected chi connectivity index (χ1v) is 12.0. The fraction of sp³-hybridized carbons (Fsp3) is 0.429. The lowest BCUT2D eigenvalue weighted by Crippen LogP contribution is -2.36. The molecule has 0 spiro atoms. The van der Waals surface area contributed by atoms with Crippen molar-refractivity contribution in [1.29, 1.82) is 0 Å². The second-order valence-corrected chi connectivity index (χ2v) is 9.89. The standard InChI is InChI=1S/C28H35N3O2.ClH/c1-4-28(2,3)21-12-14-22(15-13-21)30-17-19-7-5-9-24-23(19)8-6-10-25(24)33-26-16-11-20(18-31-26)27(29)32;/h5-11,16,18,21-22,30H,4,12-15,17H2,1-3H3,(H2,29,32);1H/t21-,22-;. The van der Waals surface area contributed by atoms with Gasteiger partial charge in [0.25, 0.3) is 0 Å². The molecule has 1 aliphatic carbocycles. The van der Waals surface area contributed by atoms with E-state index in [-0.39, 0.29) is 12.4 Å². The van der Waals surface area contributed by atoms with Gasteiger partial charge in [-0.15, -0.1) is 12.4 Å². The molecule has 5 nitrogen and oxygen atoms in total. The Labute approximate surface area is 208 Å². The number of hydrogen-bond donors (Lipinski definition) is 2. The minimum atomic E-state index is -0.501. The molecule has 0 radical (unpaired) electrons. The molecule has 1 saturated carbocycles. The van der Waals surface area contributed by atoms with Gasteiger partial charge in [-0.2, -0.15) is 0 Å². The normalized spacial score (nSPS) is 18.3. The smallest absolute Gasteiger partial charge is 0.250 e. The maximum atomic E-state index is 11.3. The van der Waals surface area contributed by atoms with Crippen LogP contribution in [-0.2, 0) is 6.54 Å². The number of rotatable bonds is 8. The molecule has 1 fully saturated rings. The number of halogens is 1. The third-order valence-electron chi connectivity index (χ3n) is 7.53. The zero-order valence-corrected chi connectivity index (χ0v) is 21.2. The Balaban J connectivity index is 0.00000324. The fourth-order valence-corrected chi connectivity index (χ4v) is 4.91. The summed E-state index contributed by atoms with van der Waals surface area (Å²) in [4.78, 5) is 15.5. The third-order valence-corrected chi connectivity index (χ3v) is 7.53. The number of amides is 1. The molecule has 0 atom stereocenters. The van der Waals surface area contributed by atoms with Crippen LogP contribution in [-0.4, -0.2) is 16.9 Å². The summed E-state index contributed by atoms with van der Waals surface area (Å²) in [5.74, 6) is 1.51. The molecule has 1 amide bonds.